The summed E-state index contributed by atoms with van der Waals surface area (Å²) in [5.41, 5.74) is -0.394. The van der Waals surface area contributed by atoms with Crippen LogP contribution in [0.25, 0.3) is 11.0 Å². The van der Waals surface area contributed by atoms with Gasteiger partial charge in [0.15, 0.2) is 5.75 Å². The van der Waals surface area contributed by atoms with Gasteiger partial charge in [0.05, 0.1) is 11.7 Å². The topological polar surface area (TPSA) is 86.0 Å². The van der Waals surface area contributed by atoms with E-state index in [2.05, 4.69) is 0 Å². The molecule has 0 bridgehead atoms. The quantitative estimate of drug-likeness (QED) is 0.578. The first-order valence-electron chi connectivity index (χ1n) is 7.70. The van der Waals surface area contributed by atoms with Gasteiger partial charge in [-0.2, -0.15) is 0 Å². The average molecular weight is 340 g/mol. The zero-order valence-corrected chi connectivity index (χ0v) is 13.7. The van der Waals surface area contributed by atoms with Gasteiger partial charge < -0.3 is 19.0 Å². The number of esters is 1. The second-order valence-electron chi connectivity index (χ2n) is 5.62. The maximum absolute atomic E-state index is 12.4. The van der Waals surface area contributed by atoms with E-state index in [9.17, 15) is 14.7 Å². The molecule has 0 radical (unpaired) electrons. The third kappa shape index (κ3) is 3.33. The van der Waals surface area contributed by atoms with Crippen LogP contribution >= 0.6 is 0 Å². The lowest BCUT2D eigenvalue weighted by atomic mass is 10.2. The molecule has 0 spiro atoms. The Labute approximate surface area is 143 Å². The molecule has 0 saturated heterocycles. The summed E-state index contributed by atoms with van der Waals surface area (Å²) in [6, 6.07) is 12.7. The van der Waals surface area contributed by atoms with Crippen molar-refractivity contribution >= 4 is 16.9 Å². The lowest BCUT2D eigenvalue weighted by Gasteiger charge is -2.15. The van der Waals surface area contributed by atoms with Crippen LogP contribution in [-0.2, 0) is 0 Å². The number of benzene rings is 2. The third-order valence-electron chi connectivity index (χ3n) is 3.38. The number of hydrogen-bond donors (Lipinski definition) is 1. The number of fused-ring (bicyclic) bond motifs is 1. The Morgan fingerprint density at radius 3 is 2.44 bits per heavy atom. The minimum absolute atomic E-state index is 0.0944. The van der Waals surface area contributed by atoms with E-state index in [1.54, 1.807) is 44.2 Å². The molecule has 0 fully saturated rings. The van der Waals surface area contributed by atoms with Crippen molar-refractivity contribution in [3.8, 4) is 17.2 Å². The Morgan fingerprint density at radius 1 is 1.04 bits per heavy atom. The Kier molecular flexibility index (Phi) is 4.43. The van der Waals surface area contributed by atoms with Gasteiger partial charge in [0, 0.05) is 0 Å². The zero-order valence-electron chi connectivity index (χ0n) is 13.7. The highest BCUT2D eigenvalue weighted by molar-refractivity contribution is 5.97. The predicted molar refractivity (Wildman–Crippen MR) is 91.3 cm³/mol. The van der Waals surface area contributed by atoms with Gasteiger partial charge in [-0.25, -0.2) is 9.59 Å². The fraction of sp³-hybridized carbons (Fsp3) is 0.158. The fourth-order valence-corrected chi connectivity index (χ4v) is 2.35. The summed E-state index contributed by atoms with van der Waals surface area (Å²) in [5.74, 6) is -1.28. The molecule has 0 saturated carbocycles. The molecule has 0 atom stereocenters. The van der Waals surface area contributed by atoms with E-state index >= 15 is 0 Å². The number of phenols is 1. The van der Waals surface area contributed by atoms with Crippen LogP contribution < -0.4 is 15.1 Å². The van der Waals surface area contributed by atoms with E-state index < -0.39 is 11.6 Å². The molecule has 25 heavy (non-hydrogen) atoms. The van der Waals surface area contributed by atoms with Crippen LogP contribution in [0.2, 0.25) is 0 Å². The maximum atomic E-state index is 12.4. The highest BCUT2D eigenvalue weighted by Gasteiger charge is 2.24. The molecule has 0 aliphatic heterocycles. The predicted octanol–water partition coefficient (Wildman–Crippen LogP) is 3.51. The minimum atomic E-state index is -0.789. The highest BCUT2D eigenvalue weighted by atomic mass is 16.6. The molecule has 3 aromatic rings. The molecule has 0 unspecified atom stereocenters. The van der Waals surface area contributed by atoms with E-state index in [0.29, 0.717) is 5.56 Å². The van der Waals surface area contributed by atoms with Crippen molar-refractivity contribution in [2.45, 2.75) is 20.0 Å². The largest absolute Gasteiger partial charge is 0.507 e. The van der Waals surface area contributed by atoms with Crippen molar-refractivity contribution in [2.24, 2.45) is 0 Å². The Balaban J connectivity index is 2.19. The molecule has 0 aliphatic rings. The third-order valence-corrected chi connectivity index (χ3v) is 3.38. The molecule has 2 aromatic carbocycles. The van der Waals surface area contributed by atoms with Crippen LogP contribution in [0.3, 0.4) is 0 Å². The van der Waals surface area contributed by atoms with Gasteiger partial charge in [-0.1, -0.05) is 24.3 Å². The summed E-state index contributed by atoms with van der Waals surface area (Å²) in [4.78, 5) is 24.7. The van der Waals surface area contributed by atoms with Gasteiger partial charge in [-0.3, -0.25) is 0 Å². The van der Waals surface area contributed by atoms with E-state index in [4.69, 9.17) is 13.9 Å². The van der Waals surface area contributed by atoms with Crippen molar-refractivity contribution in [1.82, 2.24) is 0 Å². The number of phenolic OH excluding ortho intramolecular Hbond substituents is 1. The van der Waals surface area contributed by atoms with Crippen LogP contribution in [0.15, 0.2) is 57.7 Å². The number of ether oxygens (including phenoxy) is 2. The first kappa shape index (κ1) is 16.6. The first-order chi connectivity index (χ1) is 12.0. The van der Waals surface area contributed by atoms with E-state index in [1.165, 1.54) is 18.2 Å². The number of carbonyl (C=O) groups is 1. The normalized spacial score (nSPS) is 10.8. The zero-order chi connectivity index (χ0) is 18.0. The van der Waals surface area contributed by atoms with Crippen LogP contribution in [-0.4, -0.2) is 17.2 Å². The van der Waals surface area contributed by atoms with E-state index in [0.717, 1.165) is 0 Å². The number of hydrogen-bond acceptors (Lipinski definition) is 6. The van der Waals surface area contributed by atoms with Crippen molar-refractivity contribution in [3.63, 3.8) is 0 Å². The molecule has 3 rings (SSSR count). The van der Waals surface area contributed by atoms with Crippen LogP contribution in [0.4, 0.5) is 0 Å². The SMILES string of the molecule is CC(C)Oc1c(OC(=O)c2ccccc2)c2c(O)cccc2oc1=O. The Bertz CT molecular complexity index is 972. The molecule has 128 valence electrons. The summed E-state index contributed by atoms with van der Waals surface area (Å²) in [5, 5.41) is 10.3. The van der Waals surface area contributed by atoms with E-state index in [1.807, 2.05) is 0 Å². The molecule has 6 heteroatoms. The van der Waals surface area contributed by atoms with Gasteiger partial charge in [-0.05, 0) is 38.1 Å². The van der Waals surface area contributed by atoms with Gasteiger partial charge in [0.1, 0.15) is 16.7 Å². The molecule has 6 nitrogen and oxygen atoms in total. The lowest BCUT2D eigenvalue weighted by molar-refractivity contribution is 0.0726. The van der Waals surface area contributed by atoms with Gasteiger partial charge in [0.25, 0.3) is 0 Å². The van der Waals surface area contributed by atoms with E-state index in [-0.39, 0.29) is 34.3 Å². The number of aromatic hydroxyl groups is 1. The van der Waals surface area contributed by atoms with Crippen molar-refractivity contribution in [1.29, 1.82) is 0 Å². The molecule has 1 aromatic heterocycles. The minimum Gasteiger partial charge on any atom is -0.507 e. The van der Waals surface area contributed by atoms with Crippen molar-refractivity contribution in [3.05, 3.63) is 64.5 Å². The van der Waals surface area contributed by atoms with Crippen LogP contribution in [0.1, 0.15) is 24.2 Å². The van der Waals surface area contributed by atoms with Crippen LogP contribution in [0, 0.1) is 0 Å². The maximum Gasteiger partial charge on any atom is 0.383 e. The fourth-order valence-electron chi connectivity index (χ4n) is 2.35. The number of rotatable bonds is 4. The first-order valence-corrected chi connectivity index (χ1v) is 7.70. The standard InChI is InChI=1S/C19H16O6/c1-11(2)23-17-16(25-18(21)12-7-4-3-5-8-12)15-13(20)9-6-10-14(15)24-19(17)22/h3-11,20H,1-2H3. The summed E-state index contributed by atoms with van der Waals surface area (Å²) < 4.78 is 16.1. The molecular weight excluding hydrogens is 324 g/mol. The van der Waals surface area contributed by atoms with Crippen molar-refractivity contribution < 1.29 is 23.8 Å². The van der Waals surface area contributed by atoms with Gasteiger partial charge in [-0.15, -0.1) is 0 Å². The molecular formula is C19H16O6. The highest BCUT2D eigenvalue weighted by Crippen LogP contribution is 2.39. The molecule has 1 N–H and O–H groups in total. The molecule has 0 aliphatic carbocycles. The van der Waals surface area contributed by atoms with Gasteiger partial charge >= 0.3 is 11.6 Å². The smallest absolute Gasteiger partial charge is 0.383 e. The Morgan fingerprint density at radius 2 is 1.76 bits per heavy atom. The summed E-state index contributed by atoms with van der Waals surface area (Å²) >= 11 is 0. The Hall–Kier alpha value is -3.28. The number of carbonyl (C=O) groups excluding carboxylic acids is 1. The van der Waals surface area contributed by atoms with Gasteiger partial charge in [0.2, 0.25) is 5.75 Å². The average Bonchev–Trinajstić information content (AvgIpc) is 2.58. The molecule has 1 heterocycles. The second kappa shape index (κ2) is 6.68. The summed E-state index contributed by atoms with van der Waals surface area (Å²) in [7, 11) is 0. The summed E-state index contributed by atoms with van der Waals surface area (Å²) in [6.07, 6.45) is -0.361. The lowest BCUT2D eigenvalue weighted by Crippen LogP contribution is -2.17. The molecule has 0 amide bonds. The monoisotopic (exact) mass is 340 g/mol. The van der Waals surface area contributed by atoms with Crippen molar-refractivity contribution in [2.75, 3.05) is 0 Å². The second-order valence-corrected chi connectivity index (χ2v) is 5.62. The summed E-state index contributed by atoms with van der Waals surface area (Å²) in [6.45, 7) is 3.44. The van der Waals surface area contributed by atoms with Crippen LogP contribution in [0.5, 0.6) is 17.2 Å².